The Balaban J connectivity index is 2.43. The number of carbonyl (C=O) groups excluding carboxylic acids is 1. The lowest BCUT2D eigenvalue weighted by Gasteiger charge is -2.02. The van der Waals surface area contributed by atoms with Crippen LogP contribution in [0.25, 0.3) is 17.3 Å². The van der Waals surface area contributed by atoms with Gasteiger partial charge in [-0.1, -0.05) is 6.07 Å². The Morgan fingerprint density at radius 3 is 2.56 bits per heavy atom. The molecule has 0 atom stereocenters. The van der Waals surface area contributed by atoms with Crippen LogP contribution >= 0.6 is 22.7 Å². The van der Waals surface area contributed by atoms with Crippen LogP contribution in [0.4, 0.5) is 4.39 Å². The highest BCUT2D eigenvalue weighted by Gasteiger charge is 2.14. The maximum absolute atomic E-state index is 13.2. The first-order chi connectivity index (χ1) is 12.0. The number of benzene rings is 1. The summed E-state index contributed by atoms with van der Waals surface area (Å²) >= 11 is 2.44. The third-order valence-corrected chi connectivity index (χ3v) is 5.21. The second-order valence-corrected chi connectivity index (χ2v) is 6.91. The third kappa shape index (κ3) is 3.28. The number of thiazole rings is 1. The molecule has 0 bridgehead atoms. The van der Waals surface area contributed by atoms with Gasteiger partial charge < -0.3 is 5.73 Å². The van der Waals surface area contributed by atoms with Crippen LogP contribution in [0, 0.1) is 17.1 Å². The molecule has 0 radical (unpaired) electrons. The molecule has 0 unspecified atom stereocenters. The lowest BCUT2D eigenvalue weighted by atomic mass is 10.3. The van der Waals surface area contributed by atoms with E-state index in [4.69, 9.17) is 5.73 Å². The van der Waals surface area contributed by atoms with Crippen molar-refractivity contribution < 1.29 is 9.18 Å². The first-order valence-corrected chi connectivity index (χ1v) is 8.68. The number of thiophene rings is 1. The predicted molar refractivity (Wildman–Crippen MR) is 95.2 cm³/mol. The minimum atomic E-state index is -0.928. The zero-order valence-electron chi connectivity index (χ0n) is 12.6. The fraction of sp³-hybridized carbons (Fsp3) is 0. The SMILES string of the molecule is N#CC(C(N)=O)=c1sc(=Cc2cccs2)c(=O)n1-c1ccc(F)cc1. The largest absolute Gasteiger partial charge is 0.365 e. The van der Waals surface area contributed by atoms with E-state index >= 15 is 0 Å². The van der Waals surface area contributed by atoms with Crippen molar-refractivity contribution in [3.8, 4) is 11.8 Å². The Morgan fingerprint density at radius 2 is 2.00 bits per heavy atom. The molecule has 0 spiro atoms. The molecule has 2 N–H and O–H groups in total. The maximum atomic E-state index is 13.2. The molecule has 0 aliphatic rings. The number of primary amides is 1. The van der Waals surface area contributed by atoms with E-state index in [1.165, 1.54) is 40.2 Å². The van der Waals surface area contributed by atoms with Crippen LogP contribution < -0.4 is 20.5 Å². The van der Waals surface area contributed by atoms with Crippen molar-refractivity contribution in [2.45, 2.75) is 0 Å². The number of nitriles is 1. The van der Waals surface area contributed by atoms with Crippen LogP contribution in [0.1, 0.15) is 4.88 Å². The van der Waals surface area contributed by atoms with E-state index in [2.05, 4.69) is 0 Å². The molecular weight excluding hydrogens is 361 g/mol. The van der Waals surface area contributed by atoms with Crippen molar-refractivity contribution in [2.75, 3.05) is 0 Å². The number of hydrogen-bond donors (Lipinski definition) is 1. The van der Waals surface area contributed by atoms with Crippen LogP contribution in [0.15, 0.2) is 46.6 Å². The van der Waals surface area contributed by atoms with Crippen molar-refractivity contribution >= 4 is 40.2 Å². The Morgan fingerprint density at radius 1 is 1.28 bits per heavy atom. The zero-order chi connectivity index (χ0) is 18.0. The third-order valence-electron chi connectivity index (χ3n) is 3.30. The smallest absolute Gasteiger partial charge is 0.273 e. The van der Waals surface area contributed by atoms with Gasteiger partial charge in [0, 0.05) is 4.88 Å². The summed E-state index contributed by atoms with van der Waals surface area (Å²) in [6.07, 6.45) is 1.68. The van der Waals surface area contributed by atoms with Crippen LogP contribution in [-0.2, 0) is 4.79 Å². The summed E-state index contributed by atoms with van der Waals surface area (Å²) in [4.78, 5) is 25.3. The minimum absolute atomic E-state index is 0.120. The van der Waals surface area contributed by atoms with Crippen molar-refractivity contribution in [3.05, 3.63) is 72.0 Å². The van der Waals surface area contributed by atoms with E-state index < -0.39 is 17.3 Å². The van der Waals surface area contributed by atoms with E-state index in [0.29, 0.717) is 10.2 Å². The number of amides is 1. The molecule has 0 aliphatic carbocycles. The van der Waals surface area contributed by atoms with Gasteiger partial charge in [-0.3, -0.25) is 14.2 Å². The molecule has 0 aliphatic heterocycles. The number of nitrogens with zero attached hydrogens (tertiary/aromatic N) is 2. The van der Waals surface area contributed by atoms with E-state index in [0.717, 1.165) is 16.2 Å². The highest BCUT2D eigenvalue weighted by Crippen LogP contribution is 2.09. The highest BCUT2D eigenvalue weighted by atomic mass is 32.1. The highest BCUT2D eigenvalue weighted by molar-refractivity contribution is 7.11. The molecule has 0 fully saturated rings. The summed E-state index contributed by atoms with van der Waals surface area (Å²) in [6, 6.07) is 10.6. The van der Waals surface area contributed by atoms with Gasteiger partial charge in [0.15, 0.2) is 5.57 Å². The fourth-order valence-corrected chi connectivity index (χ4v) is 4.02. The molecule has 5 nitrogen and oxygen atoms in total. The van der Waals surface area contributed by atoms with E-state index in [1.54, 1.807) is 12.1 Å². The fourth-order valence-electron chi connectivity index (χ4n) is 2.19. The van der Waals surface area contributed by atoms with Gasteiger partial charge in [0.25, 0.3) is 11.5 Å². The van der Waals surface area contributed by atoms with Crippen LogP contribution in [0.3, 0.4) is 0 Å². The summed E-state index contributed by atoms with van der Waals surface area (Å²) in [6.45, 7) is 0. The topological polar surface area (TPSA) is 88.9 Å². The number of nitrogens with two attached hydrogens (primary N) is 1. The molecule has 8 heteroatoms. The number of rotatable bonds is 3. The molecule has 0 saturated carbocycles. The van der Waals surface area contributed by atoms with Gasteiger partial charge in [0.1, 0.15) is 16.5 Å². The molecule has 3 rings (SSSR count). The van der Waals surface area contributed by atoms with Gasteiger partial charge in [-0.05, 0) is 41.8 Å². The van der Waals surface area contributed by atoms with Crippen molar-refractivity contribution in [2.24, 2.45) is 5.73 Å². The molecule has 0 saturated heterocycles. The summed E-state index contributed by atoms with van der Waals surface area (Å²) in [5, 5.41) is 11.1. The van der Waals surface area contributed by atoms with Crippen LogP contribution in [0.5, 0.6) is 0 Å². The van der Waals surface area contributed by atoms with Crippen molar-refractivity contribution in [1.82, 2.24) is 4.57 Å². The van der Waals surface area contributed by atoms with Crippen LogP contribution in [-0.4, -0.2) is 10.5 Å². The molecule has 2 aromatic heterocycles. The average molecular weight is 371 g/mol. The minimum Gasteiger partial charge on any atom is -0.365 e. The van der Waals surface area contributed by atoms with Gasteiger partial charge in [-0.15, -0.1) is 22.7 Å². The summed E-state index contributed by atoms with van der Waals surface area (Å²) in [7, 11) is 0. The quantitative estimate of drug-likeness (QED) is 0.747. The predicted octanol–water partition coefficient (Wildman–Crippen LogP) is 1.09. The average Bonchev–Trinajstić information content (AvgIpc) is 3.19. The Kier molecular flexibility index (Phi) is 4.61. The number of carbonyl (C=O) groups is 1. The van der Waals surface area contributed by atoms with E-state index in [-0.39, 0.29) is 10.2 Å². The second-order valence-electron chi connectivity index (χ2n) is 4.90. The van der Waals surface area contributed by atoms with Gasteiger partial charge in [0.05, 0.1) is 10.2 Å². The number of hydrogen-bond acceptors (Lipinski definition) is 5. The second kappa shape index (κ2) is 6.84. The normalized spacial score (nSPS) is 12.7. The number of aromatic nitrogens is 1. The van der Waals surface area contributed by atoms with Crippen molar-refractivity contribution in [1.29, 1.82) is 5.26 Å². The standard InChI is InChI=1S/C17H10FN3O2S2/c18-10-3-5-11(6-4-10)21-16(23)14(8-12-2-1-7-24-12)25-17(21)13(9-19)15(20)22/h1-8H,(H2,20,22). The molecule has 1 amide bonds. The molecule has 3 aromatic rings. The van der Waals surface area contributed by atoms with Gasteiger partial charge in [-0.25, -0.2) is 4.39 Å². The first-order valence-electron chi connectivity index (χ1n) is 6.98. The lowest BCUT2D eigenvalue weighted by molar-refractivity contribution is -0.112. The Labute approximate surface area is 149 Å². The lowest BCUT2D eigenvalue weighted by Crippen LogP contribution is -2.32. The van der Waals surface area contributed by atoms with Crippen LogP contribution in [0.2, 0.25) is 0 Å². The Hall–Kier alpha value is -3.02. The van der Waals surface area contributed by atoms with Crippen molar-refractivity contribution in [3.63, 3.8) is 0 Å². The van der Waals surface area contributed by atoms with Gasteiger partial charge >= 0.3 is 0 Å². The zero-order valence-corrected chi connectivity index (χ0v) is 14.2. The summed E-state index contributed by atoms with van der Waals surface area (Å²) in [5.74, 6) is -1.39. The molecule has 2 heterocycles. The first kappa shape index (κ1) is 16.8. The monoisotopic (exact) mass is 371 g/mol. The maximum Gasteiger partial charge on any atom is 0.273 e. The van der Waals surface area contributed by atoms with E-state index in [1.807, 2.05) is 17.5 Å². The Bertz CT molecular complexity index is 1150. The van der Waals surface area contributed by atoms with Gasteiger partial charge in [0.2, 0.25) is 0 Å². The molecular formula is C17H10FN3O2S2. The number of halogens is 1. The summed E-state index contributed by atoms with van der Waals surface area (Å²) < 4.78 is 14.9. The molecule has 124 valence electrons. The molecule has 1 aromatic carbocycles. The molecule has 25 heavy (non-hydrogen) atoms. The summed E-state index contributed by atoms with van der Waals surface area (Å²) in [5.41, 5.74) is 4.88. The van der Waals surface area contributed by atoms with Gasteiger partial charge in [-0.2, -0.15) is 5.26 Å². The van der Waals surface area contributed by atoms with E-state index in [9.17, 15) is 19.2 Å².